The number of imide groups is 1. The molecule has 7 heteroatoms. The number of amides is 4. The Morgan fingerprint density at radius 2 is 2.21 bits per heavy atom. The number of furan rings is 1. The molecule has 2 rings (SSSR count). The molecule has 0 saturated carbocycles. The Morgan fingerprint density at radius 3 is 2.79 bits per heavy atom. The van der Waals surface area contributed by atoms with Crippen molar-refractivity contribution in [2.75, 3.05) is 6.54 Å². The van der Waals surface area contributed by atoms with Gasteiger partial charge in [-0.15, -0.1) is 0 Å². The summed E-state index contributed by atoms with van der Waals surface area (Å²) in [5.74, 6) is 0.865. The van der Waals surface area contributed by atoms with E-state index in [-0.39, 0.29) is 12.3 Å². The van der Waals surface area contributed by atoms with Gasteiger partial charge < -0.3 is 15.1 Å². The molecular weight excluding hydrogens is 250 g/mol. The number of carbonyl (C=O) groups is 3. The molecule has 102 valence electrons. The van der Waals surface area contributed by atoms with Gasteiger partial charge in [0.15, 0.2) is 0 Å². The summed E-state index contributed by atoms with van der Waals surface area (Å²) < 4.78 is 5.36. The highest BCUT2D eigenvalue weighted by Gasteiger charge is 2.30. The first-order valence-electron chi connectivity index (χ1n) is 5.98. The molecule has 1 saturated heterocycles. The Morgan fingerprint density at radius 1 is 1.42 bits per heavy atom. The van der Waals surface area contributed by atoms with Crippen molar-refractivity contribution in [3.8, 4) is 0 Å². The maximum absolute atomic E-state index is 11.6. The van der Waals surface area contributed by atoms with Gasteiger partial charge in [0.05, 0.1) is 6.42 Å². The van der Waals surface area contributed by atoms with Crippen LogP contribution in [0, 0.1) is 6.92 Å². The SMILES string of the molecule is Cc1ccc(CCNC(=O)C[C@@H]2NC(=O)NC2=O)o1. The number of nitrogens with one attached hydrogen (secondary N) is 3. The van der Waals surface area contributed by atoms with Gasteiger partial charge in [0.1, 0.15) is 17.6 Å². The van der Waals surface area contributed by atoms with Crippen LogP contribution in [-0.4, -0.2) is 30.4 Å². The highest BCUT2D eigenvalue weighted by molar-refractivity contribution is 6.05. The Hall–Kier alpha value is -2.31. The number of rotatable bonds is 5. The molecule has 0 aromatic carbocycles. The Balaban J connectivity index is 1.70. The summed E-state index contributed by atoms with van der Waals surface area (Å²) >= 11 is 0. The van der Waals surface area contributed by atoms with Crippen molar-refractivity contribution in [2.45, 2.75) is 25.8 Å². The van der Waals surface area contributed by atoms with Crippen LogP contribution in [0.4, 0.5) is 4.79 Å². The molecule has 0 spiro atoms. The molecule has 1 atom stereocenters. The third-order valence-electron chi connectivity index (χ3n) is 2.74. The van der Waals surface area contributed by atoms with Gasteiger partial charge in [-0.05, 0) is 19.1 Å². The zero-order valence-corrected chi connectivity index (χ0v) is 10.5. The maximum atomic E-state index is 11.6. The van der Waals surface area contributed by atoms with Crippen LogP contribution in [0.3, 0.4) is 0 Å². The van der Waals surface area contributed by atoms with Crippen LogP contribution in [0.5, 0.6) is 0 Å². The highest BCUT2D eigenvalue weighted by Crippen LogP contribution is 2.06. The smallest absolute Gasteiger partial charge is 0.322 e. The third kappa shape index (κ3) is 3.57. The zero-order chi connectivity index (χ0) is 13.8. The summed E-state index contributed by atoms with van der Waals surface area (Å²) in [5, 5.41) is 7.11. The molecular formula is C12H15N3O4. The summed E-state index contributed by atoms with van der Waals surface area (Å²) in [5.41, 5.74) is 0. The van der Waals surface area contributed by atoms with E-state index in [1.54, 1.807) is 0 Å². The number of carbonyl (C=O) groups excluding carboxylic acids is 3. The number of aryl methyl sites for hydroxylation is 1. The van der Waals surface area contributed by atoms with Crippen molar-refractivity contribution in [1.82, 2.24) is 16.0 Å². The van der Waals surface area contributed by atoms with Crippen LogP contribution < -0.4 is 16.0 Å². The van der Waals surface area contributed by atoms with E-state index in [1.807, 2.05) is 19.1 Å². The quantitative estimate of drug-likeness (QED) is 0.644. The van der Waals surface area contributed by atoms with Crippen LogP contribution in [-0.2, 0) is 16.0 Å². The molecule has 1 aliphatic heterocycles. The van der Waals surface area contributed by atoms with Crippen LogP contribution in [0.15, 0.2) is 16.5 Å². The third-order valence-corrected chi connectivity index (χ3v) is 2.74. The van der Waals surface area contributed by atoms with Crippen molar-refractivity contribution < 1.29 is 18.8 Å². The van der Waals surface area contributed by atoms with Crippen molar-refractivity contribution in [2.24, 2.45) is 0 Å². The predicted octanol–water partition coefficient (Wildman–Crippen LogP) is -0.155. The normalized spacial score (nSPS) is 18.1. The minimum Gasteiger partial charge on any atom is -0.466 e. The standard InChI is InChI=1S/C12H15N3O4/c1-7-2-3-8(19-7)4-5-13-10(16)6-9-11(17)15-12(18)14-9/h2-3,9H,4-6H2,1H3,(H,13,16)(H2,14,15,17,18)/t9-/m0/s1. The molecule has 1 aromatic heterocycles. The Bertz CT molecular complexity index is 509. The predicted molar refractivity (Wildman–Crippen MR) is 65.2 cm³/mol. The molecule has 2 heterocycles. The van der Waals surface area contributed by atoms with Gasteiger partial charge >= 0.3 is 6.03 Å². The molecule has 0 bridgehead atoms. The molecule has 0 unspecified atom stereocenters. The van der Waals surface area contributed by atoms with Crippen molar-refractivity contribution in [3.63, 3.8) is 0 Å². The first kappa shape index (κ1) is 13.1. The number of hydrogen-bond acceptors (Lipinski definition) is 4. The van der Waals surface area contributed by atoms with Gasteiger partial charge in [0.25, 0.3) is 5.91 Å². The van der Waals surface area contributed by atoms with E-state index in [4.69, 9.17) is 4.42 Å². The van der Waals surface area contributed by atoms with E-state index in [1.165, 1.54) is 0 Å². The average molecular weight is 265 g/mol. The topological polar surface area (TPSA) is 100 Å². The fourth-order valence-corrected chi connectivity index (χ4v) is 1.80. The van der Waals surface area contributed by atoms with E-state index in [0.29, 0.717) is 13.0 Å². The second kappa shape index (κ2) is 5.55. The molecule has 3 N–H and O–H groups in total. The maximum Gasteiger partial charge on any atom is 0.322 e. The van der Waals surface area contributed by atoms with Crippen molar-refractivity contribution in [3.05, 3.63) is 23.7 Å². The van der Waals surface area contributed by atoms with E-state index in [2.05, 4.69) is 16.0 Å². The zero-order valence-electron chi connectivity index (χ0n) is 10.5. The largest absolute Gasteiger partial charge is 0.466 e. The molecule has 4 amide bonds. The van der Waals surface area contributed by atoms with E-state index < -0.39 is 18.0 Å². The van der Waals surface area contributed by atoms with Gasteiger partial charge in [-0.1, -0.05) is 0 Å². The minimum absolute atomic E-state index is 0.0608. The summed E-state index contributed by atoms with van der Waals surface area (Å²) in [7, 11) is 0. The lowest BCUT2D eigenvalue weighted by Gasteiger charge is -2.07. The second-order valence-electron chi connectivity index (χ2n) is 4.33. The lowest BCUT2D eigenvalue weighted by atomic mass is 10.2. The van der Waals surface area contributed by atoms with Crippen LogP contribution >= 0.6 is 0 Å². The fourth-order valence-electron chi connectivity index (χ4n) is 1.80. The molecule has 0 radical (unpaired) electrons. The molecule has 1 aromatic rings. The van der Waals surface area contributed by atoms with E-state index >= 15 is 0 Å². The van der Waals surface area contributed by atoms with E-state index in [9.17, 15) is 14.4 Å². The lowest BCUT2D eigenvalue weighted by Crippen LogP contribution is -2.36. The summed E-state index contributed by atoms with van der Waals surface area (Å²) in [6, 6.07) is 2.37. The van der Waals surface area contributed by atoms with Gasteiger partial charge in [-0.2, -0.15) is 0 Å². The summed E-state index contributed by atoms with van der Waals surface area (Å²) in [4.78, 5) is 33.7. The van der Waals surface area contributed by atoms with Gasteiger partial charge in [-0.25, -0.2) is 4.79 Å². The first-order valence-corrected chi connectivity index (χ1v) is 5.98. The summed E-state index contributed by atoms with van der Waals surface area (Å²) in [6.07, 6.45) is 0.525. The average Bonchev–Trinajstić information content (AvgIpc) is 2.86. The Kier molecular flexibility index (Phi) is 3.84. The summed E-state index contributed by atoms with van der Waals surface area (Å²) in [6.45, 7) is 2.28. The van der Waals surface area contributed by atoms with Crippen LogP contribution in [0.2, 0.25) is 0 Å². The number of urea groups is 1. The van der Waals surface area contributed by atoms with Crippen molar-refractivity contribution in [1.29, 1.82) is 0 Å². The molecule has 1 fully saturated rings. The van der Waals surface area contributed by atoms with Crippen LogP contribution in [0.25, 0.3) is 0 Å². The van der Waals surface area contributed by atoms with Gasteiger partial charge in [0, 0.05) is 13.0 Å². The van der Waals surface area contributed by atoms with Gasteiger partial charge in [0.2, 0.25) is 5.91 Å². The Labute approximate surface area is 109 Å². The minimum atomic E-state index is -0.779. The number of hydrogen-bond donors (Lipinski definition) is 3. The van der Waals surface area contributed by atoms with Crippen LogP contribution in [0.1, 0.15) is 17.9 Å². The molecule has 19 heavy (non-hydrogen) atoms. The molecule has 1 aliphatic rings. The second-order valence-corrected chi connectivity index (χ2v) is 4.33. The molecule has 7 nitrogen and oxygen atoms in total. The molecule has 0 aliphatic carbocycles. The van der Waals surface area contributed by atoms with Crippen molar-refractivity contribution >= 4 is 17.8 Å². The lowest BCUT2D eigenvalue weighted by molar-refractivity contribution is -0.126. The highest BCUT2D eigenvalue weighted by atomic mass is 16.3. The van der Waals surface area contributed by atoms with Gasteiger partial charge in [-0.3, -0.25) is 14.9 Å². The fraction of sp³-hybridized carbons (Fsp3) is 0.417. The first-order chi connectivity index (χ1) is 9.04. The van der Waals surface area contributed by atoms with E-state index in [0.717, 1.165) is 11.5 Å². The monoisotopic (exact) mass is 265 g/mol.